The number of ether oxygens (including phenoxy) is 2. The topological polar surface area (TPSA) is 76.6 Å². The summed E-state index contributed by atoms with van der Waals surface area (Å²) in [6.45, 7) is 2.06. The van der Waals surface area contributed by atoms with Gasteiger partial charge in [0, 0.05) is 36.0 Å². The van der Waals surface area contributed by atoms with Gasteiger partial charge in [-0.1, -0.05) is 12.1 Å². The van der Waals surface area contributed by atoms with Crippen molar-refractivity contribution in [1.29, 1.82) is 0 Å². The number of aromatic nitrogens is 2. The van der Waals surface area contributed by atoms with Gasteiger partial charge in [-0.15, -0.1) is 10.2 Å². The molecule has 1 aliphatic rings. The van der Waals surface area contributed by atoms with Crippen LogP contribution in [0.2, 0.25) is 0 Å². The molecule has 0 bridgehead atoms. The Hall–Kier alpha value is -3.61. The zero-order chi connectivity index (χ0) is 20.9. The molecule has 1 N–H and O–H groups in total. The van der Waals surface area contributed by atoms with Gasteiger partial charge in [0.2, 0.25) is 0 Å². The van der Waals surface area contributed by atoms with Gasteiger partial charge >= 0.3 is 0 Å². The number of anilines is 2. The van der Waals surface area contributed by atoms with Crippen LogP contribution in [0.1, 0.15) is 23.2 Å². The Balaban J connectivity index is 1.51. The number of nitrogens with zero attached hydrogens (tertiary/aromatic N) is 3. The van der Waals surface area contributed by atoms with Crippen molar-refractivity contribution in [3.63, 3.8) is 0 Å². The number of methoxy groups -OCH3 is 2. The maximum Gasteiger partial charge on any atom is 0.255 e. The third-order valence-corrected chi connectivity index (χ3v) is 5.11. The molecule has 0 radical (unpaired) electrons. The maximum absolute atomic E-state index is 12.7. The van der Waals surface area contributed by atoms with Gasteiger partial charge < -0.3 is 19.7 Å². The van der Waals surface area contributed by atoms with E-state index in [1.54, 1.807) is 32.4 Å². The fraction of sp³-hybridized carbons (Fsp3) is 0.261. The Kier molecular flexibility index (Phi) is 5.79. The fourth-order valence-electron chi connectivity index (χ4n) is 3.49. The van der Waals surface area contributed by atoms with E-state index in [1.807, 2.05) is 36.4 Å². The molecule has 154 valence electrons. The van der Waals surface area contributed by atoms with Gasteiger partial charge in [-0.05, 0) is 49.2 Å². The highest BCUT2D eigenvalue weighted by atomic mass is 16.5. The molecule has 0 spiro atoms. The molecule has 1 aromatic heterocycles. The number of benzene rings is 2. The Labute approximate surface area is 175 Å². The zero-order valence-electron chi connectivity index (χ0n) is 17.1. The van der Waals surface area contributed by atoms with E-state index < -0.39 is 0 Å². The van der Waals surface area contributed by atoms with E-state index in [4.69, 9.17) is 9.47 Å². The molecule has 0 atom stereocenters. The lowest BCUT2D eigenvalue weighted by atomic mass is 10.1. The first kappa shape index (κ1) is 19.7. The van der Waals surface area contributed by atoms with Crippen LogP contribution in [-0.2, 0) is 0 Å². The van der Waals surface area contributed by atoms with Gasteiger partial charge in [0.25, 0.3) is 5.91 Å². The van der Waals surface area contributed by atoms with E-state index in [0.717, 1.165) is 30.2 Å². The van der Waals surface area contributed by atoms with Crippen molar-refractivity contribution < 1.29 is 14.3 Å². The molecule has 7 heteroatoms. The maximum atomic E-state index is 12.7. The number of hydrogen-bond donors (Lipinski definition) is 1. The highest BCUT2D eigenvalue weighted by Gasteiger charge is 2.14. The van der Waals surface area contributed by atoms with Crippen molar-refractivity contribution in [3.05, 3.63) is 60.2 Å². The number of rotatable bonds is 6. The molecular formula is C23H24N4O3. The summed E-state index contributed by atoms with van der Waals surface area (Å²) in [6.07, 6.45) is 2.40. The molecule has 0 aliphatic carbocycles. The third-order valence-electron chi connectivity index (χ3n) is 5.11. The van der Waals surface area contributed by atoms with Gasteiger partial charge in [0.15, 0.2) is 5.82 Å². The van der Waals surface area contributed by atoms with Crippen LogP contribution in [-0.4, -0.2) is 43.4 Å². The summed E-state index contributed by atoms with van der Waals surface area (Å²) >= 11 is 0. The summed E-state index contributed by atoms with van der Waals surface area (Å²) in [7, 11) is 3.10. The summed E-state index contributed by atoms with van der Waals surface area (Å²) in [6, 6.07) is 16.6. The van der Waals surface area contributed by atoms with E-state index in [0.29, 0.717) is 22.7 Å². The molecular weight excluding hydrogens is 380 g/mol. The minimum absolute atomic E-state index is 0.250. The van der Waals surface area contributed by atoms with E-state index in [1.165, 1.54) is 12.8 Å². The summed E-state index contributed by atoms with van der Waals surface area (Å²) in [4.78, 5) is 15.0. The Morgan fingerprint density at radius 2 is 1.67 bits per heavy atom. The van der Waals surface area contributed by atoms with Crippen LogP contribution >= 0.6 is 0 Å². The Morgan fingerprint density at radius 1 is 0.933 bits per heavy atom. The van der Waals surface area contributed by atoms with Crippen LogP contribution in [0, 0.1) is 0 Å². The molecule has 1 aliphatic heterocycles. The molecule has 0 unspecified atom stereocenters. The van der Waals surface area contributed by atoms with E-state index in [9.17, 15) is 4.79 Å². The number of nitrogens with one attached hydrogen (secondary N) is 1. The predicted molar refractivity (Wildman–Crippen MR) is 116 cm³/mol. The molecule has 1 saturated heterocycles. The van der Waals surface area contributed by atoms with E-state index in [-0.39, 0.29) is 5.91 Å². The van der Waals surface area contributed by atoms with Gasteiger partial charge in [0.05, 0.1) is 19.9 Å². The zero-order valence-corrected chi connectivity index (χ0v) is 17.1. The highest BCUT2D eigenvalue weighted by molar-refractivity contribution is 6.05. The van der Waals surface area contributed by atoms with Crippen molar-refractivity contribution in [2.24, 2.45) is 0 Å². The molecule has 2 heterocycles. The average molecular weight is 404 g/mol. The molecule has 1 fully saturated rings. The molecule has 2 aromatic carbocycles. The number of carbonyl (C=O) groups is 1. The Bertz CT molecular complexity index is 1010. The number of hydrogen-bond acceptors (Lipinski definition) is 6. The van der Waals surface area contributed by atoms with Gasteiger partial charge in [-0.3, -0.25) is 4.79 Å². The van der Waals surface area contributed by atoms with Gasteiger partial charge in [-0.25, -0.2) is 0 Å². The van der Waals surface area contributed by atoms with Crippen LogP contribution in [0.3, 0.4) is 0 Å². The van der Waals surface area contributed by atoms with E-state index in [2.05, 4.69) is 20.4 Å². The lowest BCUT2D eigenvalue weighted by Crippen LogP contribution is -2.19. The van der Waals surface area contributed by atoms with E-state index >= 15 is 0 Å². The highest BCUT2D eigenvalue weighted by Crippen LogP contribution is 2.25. The van der Waals surface area contributed by atoms with Crippen LogP contribution < -0.4 is 19.7 Å². The lowest BCUT2D eigenvalue weighted by molar-refractivity contribution is 0.102. The number of amides is 1. The van der Waals surface area contributed by atoms with Crippen molar-refractivity contribution in [1.82, 2.24) is 10.2 Å². The van der Waals surface area contributed by atoms with Crippen molar-refractivity contribution in [3.8, 4) is 22.8 Å². The predicted octanol–water partition coefficient (Wildman–Crippen LogP) is 4.01. The monoisotopic (exact) mass is 404 g/mol. The summed E-state index contributed by atoms with van der Waals surface area (Å²) in [5, 5.41) is 11.7. The molecule has 4 rings (SSSR count). The molecule has 7 nitrogen and oxygen atoms in total. The largest absolute Gasteiger partial charge is 0.497 e. The van der Waals surface area contributed by atoms with Gasteiger partial charge in [0.1, 0.15) is 11.5 Å². The smallest absolute Gasteiger partial charge is 0.255 e. The normalized spacial score (nSPS) is 13.2. The molecule has 30 heavy (non-hydrogen) atoms. The van der Waals surface area contributed by atoms with Crippen molar-refractivity contribution in [2.75, 3.05) is 37.5 Å². The Morgan fingerprint density at radius 3 is 2.30 bits per heavy atom. The van der Waals surface area contributed by atoms with Crippen LogP contribution in [0.25, 0.3) is 11.3 Å². The second-order valence-electron chi connectivity index (χ2n) is 7.11. The minimum atomic E-state index is -0.250. The van der Waals surface area contributed by atoms with Crippen molar-refractivity contribution >= 4 is 17.4 Å². The fourth-order valence-corrected chi connectivity index (χ4v) is 3.49. The number of carbonyl (C=O) groups excluding carboxylic acids is 1. The SMILES string of the molecule is COc1cc(OC)cc(C(=O)Nc2cccc(-c3ccc(N4CCCC4)nn3)c2)c1. The summed E-state index contributed by atoms with van der Waals surface area (Å²) in [5.41, 5.74) is 2.77. The standard InChI is InChI=1S/C23H24N4O3/c1-29-19-13-17(14-20(15-19)30-2)23(28)24-18-7-5-6-16(12-18)21-8-9-22(26-25-21)27-10-3-4-11-27/h5-9,12-15H,3-4,10-11H2,1-2H3,(H,24,28). The molecule has 1 amide bonds. The lowest BCUT2D eigenvalue weighted by Gasteiger charge is -2.15. The first-order valence-electron chi connectivity index (χ1n) is 9.90. The quantitative estimate of drug-likeness (QED) is 0.669. The van der Waals surface area contributed by atoms with Crippen LogP contribution in [0.5, 0.6) is 11.5 Å². The molecule has 0 saturated carbocycles. The van der Waals surface area contributed by atoms with Gasteiger partial charge in [-0.2, -0.15) is 0 Å². The second kappa shape index (κ2) is 8.82. The van der Waals surface area contributed by atoms with Crippen LogP contribution in [0.4, 0.5) is 11.5 Å². The third kappa shape index (κ3) is 4.35. The van der Waals surface area contributed by atoms with Crippen LogP contribution in [0.15, 0.2) is 54.6 Å². The minimum Gasteiger partial charge on any atom is -0.497 e. The average Bonchev–Trinajstić information content (AvgIpc) is 3.34. The summed E-state index contributed by atoms with van der Waals surface area (Å²) < 4.78 is 10.5. The molecule has 3 aromatic rings. The van der Waals surface area contributed by atoms with Crippen molar-refractivity contribution in [2.45, 2.75) is 12.8 Å². The summed E-state index contributed by atoms with van der Waals surface area (Å²) in [5.74, 6) is 1.77. The first-order chi connectivity index (χ1) is 14.7. The first-order valence-corrected chi connectivity index (χ1v) is 9.90. The second-order valence-corrected chi connectivity index (χ2v) is 7.11.